The molecule has 0 fully saturated rings. The molecule has 0 aliphatic rings. The number of carbonyl (C=O) groups is 1. The van der Waals surface area contributed by atoms with Crippen molar-refractivity contribution in [3.05, 3.63) is 83.3 Å². The predicted octanol–water partition coefficient (Wildman–Crippen LogP) is 6.87. The molecule has 0 aliphatic heterocycles. The summed E-state index contributed by atoms with van der Waals surface area (Å²) in [6.45, 7) is 7.47. The quantitative estimate of drug-likeness (QED) is 0.352. The summed E-state index contributed by atoms with van der Waals surface area (Å²) < 4.78 is 5.93. The molecule has 1 N–H and O–H groups in total. The van der Waals surface area contributed by atoms with Gasteiger partial charge in [0.25, 0.3) is 0 Å². The van der Waals surface area contributed by atoms with Gasteiger partial charge in [0.15, 0.2) is 6.10 Å². The van der Waals surface area contributed by atoms with E-state index in [0.717, 1.165) is 38.7 Å². The fourth-order valence-corrected chi connectivity index (χ4v) is 4.02. The molecule has 1 aromatic heterocycles. The Kier molecular flexibility index (Phi) is 6.19. The number of nitrogens with zero attached hydrogens (tertiary/aromatic N) is 2. The number of aliphatic carboxylic acids is 1. The molecule has 0 bridgehead atoms. The second-order valence-corrected chi connectivity index (χ2v) is 9.44. The molecule has 6 heteroatoms. The number of carboxylic acid groups (broad SMARTS) is 1. The Morgan fingerprint density at radius 2 is 1.76 bits per heavy atom. The van der Waals surface area contributed by atoms with Gasteiger partial charge in [-0.25, -0.2) is 4.79 Å². The van der Waals surface area contributed by atoms with E-state index in [2.05, 4.69) is 22.1 Å². The number of aromatic nitrogens is 2. The Hall–Kier alpha value is -3.28. The number of carboxylic acids is 1. The molecule has 33 heavy (non-hydrogen) atoms. The lowest BCUT2D eigenvalue weighted by molar-refractivity contribution is -0.160. The molecule has 0 aliphatic carbocycles. The van der Waals surface area contributed by atoms with E-state index in [1.807, 2.05) is 64.1 Å². The maximum atomic E-state index is 12.1. The van der Waals surface area contributed by atoms with Gasteiger partial charge in [-0.05, 0) is 91.1 Å². The largest absolute Gasteiger partial charge is 0.479 e. The zero-order chi connectivity index (χ0) is 23.8. The number of ether oxygens (including phenoxy) is 1. The van der Waals surface area contributed by atoms with Crippen molar-refractivity contribution in [2.24, 2.45) is 0 Å². The van der Waals surface area contributed by atoms with E-state index >= 15 is 0 Å². The second kappa shape index (κ2) is 8.93. The smallest absolute Gasteiger partial charge is 0.337 e. The summed E-state index contributed by atoms with van der Waals surface area (Å²) in [6, 6.07) is 15.6. The third kappa shape index (κ3) is 5.05. The molecule has 0 amide bonds. The van der Waals surface area contributed by atoms with Crippen molar-refractivity contribution >= 4 is 28.3 Å². The van der Waals surface area contributed by atoms with Crippen LogP contribution < -0.4 is 0 Å². The number of aryl methyl sites for hydroxylation is 1. The van der Waals surface area contributed by atoms with Crippen LogP contribution in [0, 0.1) is 6.92 Å². The fourth-order valence-electron chi connectivity index (χ4n) is 3.89. The fraction of sp³-hybridized carbons (Fsp3) is 0.222. The van der Waals surface area contributed by atoms with Crippen LogP contribution in [-0.4, -0.2) is 26.6 Å². The van der Waals surface area contributed by atoms with Gasteiger partial charge in [-0.2, -0.15) is 0 Å². The molecule has 168 valence electrons. The van der Waals surface area contributed by atoms with Gasteiger partial charge in [-0.1, -0.05) is 29.8 Å². The Morgan fingerprint density at radius 3 is 2.36 bits per heavy atom. The SMILES string of the molecule is Cc1cc2cc(-c3cnccn3)cc(-c3ccc(Cl)cc3)c2cc1[C@H](OC(C)(C)C)C(=O)O. The molecule has 0 spiro atoms. The van der Waals surface area contributed by atoms with Crippen LogP contribution in [0.15, 0.2) is 67.1 Å². The van der Waals surface area contributed by atoms with Crippen LogP contribution in [0.1, 0.15) is 38.0 Å². The van der Waals surface area contributed by atoms with E-state index in [-0.39, 0.29) is 0 Å². The maximum Gasteiger partial charge on any atom is 0.337 e. The Bertz CT molecular complexity index is 1310. The minimum absolute atomic E-state index is 0.612. The summed E-state index contributed by atoms with van der Waals surface area (Å²) in [4.78, 5) is 20.8. The van der Waals surface area contributed by atoms with E-state index in [9.17, 15) is 9.90 Å². The summed E-state index contributed by atoms with van der Waals surface area (Å²) in [7, 11) is 0. The minimum Gasteiger partial charge on any atom is -0.479 e. The number of fused-ring (bicyclic) bond motifs is 1. The lowest BCUT2D eigenvalue weighted by atomic mass is 9.90. The summed E-state index contributed by atoms with van der Waals surface area (Å²) in [5, 5.41) is 12.5. The number of halogens is 1. The summed E-state index contributed by atoms with van der Waals surface area (Å²) >= 11 is 6.13. The van der Waals surface area contributed by atoms with Crippen molar-refractivity contribution in [1.29, 1.82) is 0 Å². The maximum absolute atomic E-state index is 12.1. The van der Waals surface area contributed by atoms with Gasteiger partial charge >= 0.3 is 5.97 Å². The van der Waals surface area contributed by atoms with Gasteiger partial charge in [-0.3, -0.25) is 9.97 Å². The van der Waals surface area contributed by atoms with Crippen LogP contribution in [0.4, 0.5) is 0 Å². The van der Waals surface area contributed by atoms with Crippen molar-refractivity contribution in [3.8, 4) is 22.4 Å². The van der Waals surface area contributed by atoms with Gasteiger partial charge in [0, 0.05) is 23.0 Å². The number of benzene rings is 3. The Labute approximate surface area is 198 Å². The first-order chi connectivity index (χ1) is 15.6. The van der Waals surface area contributed by atoms with Gasteiger partial charge in [0.05, 0.1) is 17.5 Å². The average molecular weight is 461 g/mol. The number of hydrogen-bond acceptors (Lipinski definition) is 4. The zero-order valence-corrected chi connectivity index (χ0v) is 19.7. The molecule has 1 heterocycles. The number of rotatable bonds is 5. The third-order valence-corrected chi connectivity index (χ3v) is 5.58. The molecular weight excluding hydrogens is 436 g/mol. The average Bonchev–Trinajstić information content (AvgIpc) is 2.77. The molecule has 1 atom stereocenters. The standard InChI is InChI=1S/C27H25ClN2O3/c1-16-11-18-12-19(24-15-29-9-10-30-24)13-22(17-5-7-20(28)8-6-17)23(18)14-21(16)25(26(31)32)33-27(2,3)4/h5-15,25H,1-4H3,(H,31,32)/t25-/m0/s1. The van der Waals surface area contributed by atoms with Crippen molar-refractivity contribution in [1.82, 2.24) is 9.97 Å². The molecule has 0 saturated heterocycles. The van der Waals surface area contributed by atoms with Crippen LogP contribution in [0.2, 0.25) is 5.02 Å². The van der Waals surface area contributed by atoms with Crippen LogP contribution in [-0.2, 0) is 9.53 Å². The van der Waals surface area contributed by atoms with E-state index in [0.29, 0.717) is 10.6 Å². The van der Waals surface area contributed by atoms with E-state index in [4.69, 9.17) is 16.3 Å². The second-order valence-electron chi connectivity index (χ2n) is 9.00. The highest BCUT2D eigenvalue weighted by molar-refractivity contribution is 6.30. The Morgan fingerprint density at radius 1 is 1.03 bits per heavy atom. The lowest BCUT2D eigenvalue weighted by Gasteiger charge is -2.26. The van der Waals surface area contributed by atoms with Gasteiger partial charge in [0.2, 0.25) is 0 Å². The van der Waals surface area contributed by atoms with Crippen molar-refractivity contribution < 1.29 is 14.6 Å². The van der Waals surface area contributed by atoms with Gasteiger partial charge in [0.1, 0.15) is 0 Å². The summed E-state index contributed by atoms with van der Waals surface area (Å²) in [5.41, 5.74) is 4.47. The van der Waals surface area contributed by atoms with E-state index in [1.54, 1.807) is 18.6 Å². The first-order valence-corrected chi connectivity index (χ1v) is 11.0. The van der Waals surface area contributed by atoms with E-state index in [1.165, 1.54) is 0 Å². The first-order valence-electron chi connectivity index (χ1n) is 10.6. The molecular formula is C27H25ClN2O3. The molecule has 0 unspecified atom stereocenters. The molecule has 5 nitrogen and oxygen atoms in total. The summed E-state index contributed by atoms with van der Waals surface area (Å²) in [6.07, 6.45) is 3.96. The van der Waals surface area contributed by atoms with Crippen LogP contribution in [0.25, 0.3) is 33.2 Å². The molecule has 0 radical (unpaired) electrons. The molecule has 0 saturated carbocycles. The normalized spacial score (nSPS) is 12.6. The third-order valence-electron chi connectivity index (χ3n) is 5.33. The van der Waals surface area contributed by atoms with Crippen LogP contribution in [0.5, 0.6) is 0 Å². The van der Waals surface area contributed by atoms with Crippen molar-refractivity contribution in [2.75, 3.05) is 0 Å². The topological polar surface area (TPSA) is 72.3 Å². The molecule has 4 rings (SSSR count). The predicted molar refractivity (Wildman–Crippen MR) is 131 cm³/mol. The highest BCUT2D eigenvalue weighted by Gasteiger charge is 2.28. The van der Waals surface area contributed by atoms with Crippen LogP contribution >= 0.6 is 11.6 Å². The lowest BCUT2D eigenvalue weighted by Crippen LogP contribution is -2.27. The minimum atomic E-state index is -1.08. The number of hydrogen-bond donors (Lipinski definition) is 1. The van der Waals surface area contributed by atoms with E-state index < -0.39 is 17.7 Å². The van der Waals surface area contributed by atoms with Crippen molar-refractivity contribution in [3.63, 3.8) is 0 Å². The van der Waals surface area contributed by atoms with Crippen LogP contribution in [0.3, 0.4) is 0 Å². The highest BCUT2D eigenvalue weighted by Crippen LogP contribution is 2.38. The highest BCUT2D eigenvalue weighted by atomic mass is 35.5. The van der Waals surface area contributed by atoms with Gasteiger partial charge in [-0.15, -0.1) is 0 Å². The Balaban J connectivity index is 1.99. The molecule has 3 aromatic carbocycles. The zero-order valence-electron chi connectivity index (χ0n) is 19.0. The first kappa shape index (κ1) is 22.9. The monoisotopic (exact) mass is 460 g/mol. The van der Waals surface area contributed by atoms with Crippen molar-refractivity contribution in [2.45, 2.75) is 39.4 Å². The van der Waals surface area contributed by atoms with Gasteiger partial charge < -0.3 is 9.84 Å². The summed E-state index contributed by atoms with van der Waals surface area (Å²) in [5.74, 6) is -1.02. The molecule has 4 aromatic rings.